The molecule has 18 heavy (non-hydrogen) atoms. The fraction of sp³-hybridized carbons (Fsp3) is 0.571. The zero-order chi connectivity index (χ0) is 13.4. The van der Waals surface area contributed by atoms with E-state index in [1.54, 1.807) is 14.2 Å². The summed E-state index contributed by atoms with van der Waals surface area (Å²) >= 11 is 0. The monoisotopic (exact) mass is 253 g/mol. The fourth-order valence-corrected chi connectivity index (χ4v) is 1.75. The van der Waals surface area contributed by atoms with E-state index in [0.29, 0.717) is 12.5 Å². The highest BCUT2D eigenvalue weighted by molar-refractivity contribution is 5.28. The van der Waals surface area contributed by atoms with Gasteiger partial charge in [0.2, 0.25) is 0 Å². The normalized spacial score (nSPS) is 14.2. The van der Waals surface area contributed by atoms with Gasteiger partial charge in [0.1, 0.15) is 5.75 Å². The van der Waals surface area contributed by atoms with Crippen molar-refractivity contribution >= 4 is 0 Å². The molecule has 0 amide bonds. The van der Waals surface area contributed by atoms with Crippen LogP contribution in [0.15, 0.2) is 24.3 Å². The number of aliphatic hydroxyl groups excluding tert-OH is 1. The van der Waals surface area contributed by atoms with E-state index in [4.69, 9.17) is 9.47 Å². The molecule has 0 radical (unpaired) electrons. The van der Waals surface area contributed by atoms with Crippen molar-refractivity contribution < 1.29 is 14.6 Å². The third-order valence-corrected chi connectivity index (χ3v) is 2.78. The number of methoxy groups -OCH3 is 2. The Kier molecular flexibility index (Phi) is 6.72. The van der Waals surface area contributed by atoms with Crippen molar-refractivity contribution in [3.63, 3.8) is 0 Å². The minimum absolute atomic E-state index is 0.443. The molecule has 0 spiro atoms. The van der Waals surface area contributed by atoms with E-state index in [0.717, 1.165) is 24.5 Å². The van der Waals surface area contributed by atoms with Gasteiger partial charge in [-0.05, 0) is 23.6 Å². The largest absolute Gasteiger partial charge is 0.497 e. The lowest BCUT2D eigenvalue weighted by atomic mass is 10.1. The molecule has 0 aromatic heterocycles. The number of hydrogen-bond donors (Lipinski definition) is 2. The summed E-state index contributed by atoms with van der Waals surface area (Å²) in [5.41, 5.74) is 0.891. The lowest BCUT2D eigenvalue weighted by Gasteiger charge is -2.15. The summed E-state index contributed by atoms with van der Waals surface area (Å²) in [6, 6.07) is 7.46. The molecular weight excluding hydrogens is 230 g/mol. The molecule has 0 aliphatic rings. The highest BCUT2D eigenvalue weighted by atomic mass is 16.5. The van der Waals surface area contributed by atoms with Gasteiger partial charge in [0.15, 0.2) is 0 Å². The minimum atomic E-state index is -0.495. The Balaban J connectivity index is 2.33. The van der Waals surface area contributed by atoms with E-state index >= 15 is 0 Å². The van der Waals surface area contributed by atoms with E-state index in [2.05, 4.69) is 12.2 Å². The lowest BCUT2D eigenvalue weighted by molar-refractivity contribution is 0.147. The molecule has 1 rings (SSSR count). The SMILES string of the molecule is COCC(C)CNCC(O)c1ccc(OC)cc1. The van der Waals surface area contributed by atoms with Crippen molar-refractivity contribution in [2.45, 2.75) is 13.0 Å². The number of ether oxygens (including phenoxy) is 2. The van der Waals surface area contributed by atoms with Crippen molar-refractivity contribution in [2.24, 2.45) is 5.92 Å². The summed E-state index contributed by atoms with van der Waals surface area (Å²) < 4.78 is 10.1. The van der Waals surface area contributed by atoms with Gasteiger partial charge in [-0.25, -0.2) is 0 Å². The molecule has 102 valence electrons. The Hall–Kier alpha value is -1.10. The van der Waals surface area contributed by atoms with Crippen LogP contribution in [0, 0.1) is 5.92 Å². The molecule has 2 unspecified atom stereocenters. The van der Waals surface area contributed by atoms with Crippen LogP contribution in [0.25, 0.3) is 0 Å². The van der Waals surface area contributed by atoms with Crippen LogP contribution in [0.1, 0.15) is 18.6 Å². The summed E-state index contributed by atoms with van der Waals surface area (Å²) in [5.74, 6) is 1.24. The standard InChI is InChI=1S/C14H23NO3/c1-11(10-17-2)8-15-9-14(16)12-4-6-13(18-3)7-5-12/h4-7,11,14-16H,8-10H2,1-3H3. The number of rotatable bonds is 8. The summed E-state index contributed by atoms with van der Waals surface area (Å²) in [4.78, 5) is 0. The Morgan fingerprint density at radius 2 is 1.83 bits per heavy atom. The first kappa shape index (κ1) is 15.0. The van der Waals surface area contributed by atoms with Gasteiger partial charge in [0.05, 0.1) is 13.2 Å². The van der Waals surface area contributed by atoms with Crippen LogP contribution < -0.4 is 10.1 Å². The number of aliphatic hydroxyl groups is 1. The van der Waals surface area contributed by atoms with Crippen LogP contribution in [-0.4, -0.2) is 39.0 Å². The highest BCUT2D eigenvalue weighted by Crippen LogP contribution is 2.16. The molecule has 1 aromatic rings. The van der Waals surface area contributed by atoms with Crippen LogP contribution in [0.4, 0.5) is 0 Å². The molecule has 0 saturated carbocycles. The number of benzene rings is 1. The summed E-state index contributed by atoms with van der Waals surface area (Å²) in [5, 5.41) is 13.2. The first-order valence-corrected chi connectivity index (χ1v) is 6.19. The van der Waals surface area contributed by atoms with Crippen LogP contribution in [-0.2, 0) is 4.74 Å². The molecule has 0 bridgehead atoms. The molecule has 4 nitrogen and oxygen atoms in total. The Morgan fingerprint density at radius 1 is 1.17 bits per heavy atom. The zero-order valence-electron chi connectivity index (χ0n) is 11.3. The van der Waals surface area contributed by atoms with Gasteiger partial charge in [-0.3, -0.25) is 0 Å². The molecule has 0 saturated heterocycles. The van der Waals surface area contributed by atoms with Gasteiger partial charge in [0, 0.05) is 26.8 Å². The van der Waals surface area contributed by atoms with E-state index in [-0.39, 0.29) is 0 Å². The third kappa shape index (κ3) is 5.04. The van der Waals surface area contributed by atoms with E-state index in [9.17, 15) is 5.11 Å². The minimum Gasteiger partial charge on any atom is -0.497 e. The van der Waals surface area contributed by atoms with Gasteiger partial charge >= 0.3 is 0 Å². The third-order valence-electron chi connectivity index (χ3n) is 2.78. The van der Waals surface area contributed by atoms with Crippen LogP contribution in [0.5, 0.6) is 5.75 Å². The molecule has 0 aliphatic heterocycles. The van der Waals surface area contributed by atoms with Crippen molar-refractivity contribution in [3.8, 4) is 5.75 Å². The molecule has 0 fully saturated rings. The molecular formula is C14H23NO3. The van der Waals surface area contributed by atoms with Gasteiger partial charge in [-0.15, -0.1) is 0 Å². The van der Waals surface area contributed by atoms with E-state index < -0.39 is 6.10 Å². The van der Waals surface area contributed by atoms with Crippen molar-refractivity contribution in [3.05, 3.63) is 29.8 Å². The maximum absolute atomic E-state index is 9.99. The molecule has 2 atom stereocenters. The summed E-state index contributed by atoms with van der Waals surface area (Å²) in [7, 11) is 3.33. The average Bonchev–Trinajstić information content (AvgIpc) is 2.39. The average molecular weight is 253 g/mol. The van der Waals surface area contributed by atoms with Gasteiger partial charge in [-0.1, -0.05) is 19.1 Å². The molecule has 0 heterocycles. The van der Waals surface area contributed by atoms with Crippen LogP contribution >= 0.6 is 0 Å². The second-order valence-electron chi connectivity index (χ2n) is 4.51. The van der Waals surface area contributed by atoms with Crippen LogP contribution in [0.2, 0.25) is 0 Å². The molecule has 4 heteroatoms. The summed E-state index contributed by atoms with van der Waals surface area (Å²) in [6.07, 6.45) is -0.495. The second kappa shape index (κ2) is 8.08. The van der Waals surface area contributed by atoms with Gasteiger partial charge < -0.3 is 19.9 Å². The summed E-state index contributed by atoms with van der Waals surface area (Å²) in [6.45, 7) is 4.21. The van der Waals surface area contributed by atoms with Crippen LogP contribution in [0.3, 0.4) is 0 Å². The van der Waals surface area contributed by atoms with Gasteiger partial charge in [-0.2, -0.15) is 0 Å². The molecule has 1 aromatic carbocycles. The smallest absolute Gasteiger partial charge is 0.118 e. The van der Waals surface area contributed by atoms with E-state index in [1.807, 2.05) is 24.3 Å². The van der Waals surface area contributed by atoms with E-state index in [1.165, 1.54) is 0 Å². The Morgan fingerprint density at radius 3 is 2.39 bits per heavy atom. The predicted molar refractivity (Wildman–Crippen MR) is 71.9 cm³/mol. The number of hydrogen-bond acceptors (Lipinski definition) is 4. The van der Waals surface area contributed by atoms with Crippen molar-refractivity contribution in [1.82, 2.24) is 5.32 Å². The Labute approximate surface area is 109 Å². The first-order chi connectivity index (χ1) is 8.67. The maximum atomic E-state index is 9.99. The zero-order valence-corrected chi connectivity index (χ0v) is 11.3. The second-order valence-corrected chi connectivity index (χ2v) is 4.51. The topological polar surface area (TPSA) is 50.7 Å². The maximum Gasteiger partial charge on any atom is 0.118 e. The van der Waals surface area contributed by atoms with Crippen molar-refractivity contribution in [2.75, 3.05) is 33.9 Å². The highest BCUT2D eigenvalue weighted by Gasteiger charge is 2.08. The lowest BCUT2D eigenvalue weighted by Crippen LogP contribution is -2.28. The molecule has 2 N–H and O–H groups in total. The quantitative estimate of drug-likeness (QED) is 0.739. The van der Waals surface area contributed by atoms with Gasteiger partial charge in [0.25, 0.3) is 0 Å². The fourth-order valence-electron chi connectivity index (χ4n) is 1.75. The van der Waals surface area contributed by atoms with Crippen molar-refractivity contribution in [1.29, 1.82) is 0 Å². The Bertz CT molecular complexity index is 326. The number of nitrogens with one attached hydrogen (secondary N) is 1. The molecule has 0 aliphatic carbocycles. The predicted octanol–water partition coefficient (Wildman–Crippen LogP) is 1.60. The first-order valence-electron chi connectivity index (χ1n) is 6.19.